The molecule has 1 aromatic rings. The van der Waals surface area contributed by atoms with Crippen LogP contribution in [-0.4, -0.2) is 13.1 Å². The number of fused-ring (bicyclic) bond motifs is 1. The maximum Gasteiger partial charge on any atom is 0.313 e. The molecule has 104 valence electrons. The number of hydrogen-bond acceptors (Lipinski definition) is 3. The Morgan fingerprint density at radius 1 is 1.26 bits per heavy atom. The fourth-order valence-electron chi connectivity index (χ4n) is 2.75. The molecule has 0 amide bonds. The van der Waals surface area contributed by atoms with E-state index >= 15 is 0 Å². The van der Waals surface area contributed by atoms with Gasteiger partial charge in [-0.15, -0.1) is 0 Å². The average Bonchev–Trinajstić information content (AvgIpc) is 2.44. The van der Waals surface area contributed by atoms with Crippen LogP contribution in [0.25, 0.3) is 0 Å². The highest BCUT2D eigenvalue weighted by Crippen LogP contribution is 2.34. The summed E-state index contributed by atoms with van der Waals surface area (Å²) in [7, 11) is 1.41. The third-order valence-electron chi connectivity index (χ3n) is 4.22. The second-order valence-electron chi connectivity index (χ2n) is 5.93. The van der Waals surface area contributed by atoms with Crippen LogP contribution in [0.15, 0.2) is 18.2 Å². The van der Waals surface area contributed by atoms with Gasteiger partial charge in [-0.1, -0.05) is 18.2 Å². The van der Waals surface area contributed by atoms with Gasteiger partial charge in [-0.05, 0) is 56.2 Å². The zero-order valence-electron chi connectivity index (χ0n) is 12.0. The number of hydrogen-bond donors (Lipinski definition) is 1. The summed E-state index contributed by atoms with van der Waals surface area (Å²) >= 11 is 0. The summed E-state index contributed by atoms with van der Waals surface area (Å²) < 4.78 is 4.85. The third-order valence-corrected chi connectivity index (χ3v) is 4.22. The van der Waals surface area contributed by atoms with E-state index in [2.05, 4.69) is 18.2 Å². The Morgan fingerprint density at radius 3 is 2.53 bits per heavy atom. The van der Waals surface area contributed by atoms with Crippen molar-refractivity contribution >= 4 is 5.97 Å². The van der Waals surface area contributed by atoms with E-state index in [0.29, 0.717) is 0 Å². The lowest BCUT2D eigenvalue weighted by atomic mass is 9.79. The minimum atomic E-state index is -0.711. The van der Waals surface area contributed by atoms with Crippen molar-refractivity contribution in [3.63, 3.8) is 0 Å². The smallest absolute Gasteiger partial charge is 0.313 e. The number of ether oxygens (including phenoxy) is 1. The molecule has 1 atom stereocenters. The van der Waals surface area contributed by atoms with Gasteiger partial charge in [0.25, 0.3) is 0 Å². The quantitative estimate of drug-likeness (QED) is 0.851. The summed E-state index contributed by atoms with van der Waals surface area (Å²) in [6.07, 6.45) is 4.79. The number of aryl methyl sites for hydroxylation is 2. The molecule has 2 N–H and O–H groups in total. The maximum absolute atomic E-state index is 11.8. The Kier molecular flexibility index (Phi) is 3.95. The van der Waals surface area contributed by atoms with Gasteiger partial charge in [-0.3, -0.25) is 4.79 Å². The summed E-state index contributed by atoms with van der Waals surface area (Å²) in [5, 5.41) is 0. The number of methoxy groups -OCH3 is 1. The largest absolute Gasteiger partial charge is 0.469 e. The first-order chi connectivity index (χ1) is 8.96. The molecule has 1 unspecified atom stereocenters. The first-order valence-electron chi connectivity index (χ1n) is 6.92. The van der Waals surface area contributed by atoms with Gasteiger partial charge >= 0.3 is 5.97 Å². The normalized spacial score (nSPS) is 16.6. The molecule has 1 aliphatic carbocycles. The number of esters is 1. The molecular formula is C16H23NO2. The highest BCUT2D eigenvalue weighted by Gasteiger charge is 2.36. The van der Waals surface area contributed by atoms with E-state index in [0.717, 1.165) is 18.4 Å². The van der Waals surface area contributed by atoms with Gasteiger partial charge in [0.15, 0.2) is 0 Å². The van der Waals surface area contributed by atoms with Crippen LogP contribution >= 0.6 is 0 Å². The zero-order chi connectivity index (χ0) is 14.0. The molecule has 0 bridgehead atoms. The fraction of sp³-hybridized carbons (Fsp3) is 0.562. The molecule has 0 radical (unpaired) electrons. The number of carbonyl (C=O) groups excluding carboxylic acids is 1. The maximum atomic E-state index is 11.8. The van der Waals surface area contributed by atoms with Crippen LogP contribution < -0.4 is 5.73 Å². The number of benzene rings is 1. The lowest BCUT2D eigenvalue weighted by molar-refractivity contribution is -0.152. The summed E-state index contributed by atoms with van der Waals surface area (Å²) in [5.74, 6) is -0.266. The van der Waals surface area contributed by atoms with Crippen molar-refractivity contribution in [3.05, 3.63) is 34.9 Å². The second-order valence-corrected chi connectivity index (χ2v) is 5.93. The molecule has 0 aromatic heterocycles. The summed E-state index contributed by atoms with van der Waals surface area (Å²) in [5.41, 5.74) is 9.41. The van der Waals surface area contributed by atoms with E-state index in [-0.39, 0.29) is 12.0 Å². The number of rotatable bonds is 3. The van der Waals surface area contributed by atoms with Crippen LogP contribution in [0.2, 0.25) is 0 Å². The Labute approximate surface area is 115 Å². The predicted octanol–water partition coefficient (Wildman–Crippen LogP) is 2.76. The molecule has 3 heteroatoms. The standard InChI is InChI=1S/C16H23NO2/c1-16(2,15(18)19-3)14(17)13-9-8-11-6-4-5-7-12(11)10-13/h8-10,14H,4-7,17H2,1-3H3. The molecule has 0 heterocycles. The van der Waals surface area contributed by atoms with Gasteiger partial charge < -0.3 is 10.5 Å². The molecule has 0 fully saturated rings. The Morgan fingerprint density at radius 2 is 1.89 bits per heavy atom. The Hall–Kier alpha value is -1.35. The van der Waals surface area contributed by atoms with Crippen LogP contribution in [0, 0.1) is 5.41 Å². The molecule has 1 aromatic carbocycles. The predicted molar refractivity (Wildman–Crippen MR) is 75.8 cm³/mol. The first-order valence-corrected chi connectivity index (χ1v) is 6.92. The van der Waals surface area contributed by atoms with Gasteiger partial charge in [0.1, 0.15) is 0 Å². The van der Waals surface area contributed by atoms with Crippen LogP contribution in [0.3, 0.4) is 0 Å². The van der Waals surface area contributed by atoms with Crippen LogP contribution in [0.1, 0.15) is 49.4 Å². The van der Waals surface area contributed by atoms with Crippen molar-refractivity contribution in [2.75, 3.05) is 7.11 Å². The van der Waals surface area contributed by atoms with Gasteiger partial charge in [0, 0.05) is 6.04 Å². The summed E-state index contributed by atoms with van der Waals surface area (Å²) in [6, 6.07) is 6.05. The van der Waals surface area contributed by atoms with Crippen molar-refractivity contribution in [2.45, 2.75) is 45.6 Å². The van der Waals surface area contributed by atoms with E-state index in [1.54, 1.807) is 0 Å². The molecule has 0 aliphatic heterocycles. The fourth-order valence-corrected chi connectivity index (χ4v) is 2.75. The van der Waals surface area contributed by atoms with E-state index in [1.165, 1.54) is 31.1 Å². The molecule has 1 aliphatic rings. The molecule has 3 nitrogen and oxygen atoms in total. The molecule has 19 heavy (non-hydrogen) atoms. The average molecular weight is 261 g/mol. The van der Waals surface area contributed by atoms with Crippen LogP contribution in [-0.2, 0) is 22.4 Å². The summed E-state index contributed by atoms with van der Waals surface area (Å²) in [4.78, 5) is 11.8. The van der Waals surface area contributed by atoms with Gasteiger partial charge in [0.2, 0.25) is 0 Å². The SMILES string of the molecule is COC(=O)C(C)(C)C(N)c1ccc2c(c1)CCCC2. The lowest BCUT2D eigenvalue weighted by Crippen LogP contribution is -2.37. The van der Waals surface area contributed by atoms with E-state index in [9.17, 15) is 4.79 Å². The Bertz CT molecular complexity index is 480. The van der Waals surface area contributed by atoms with Gasteiger partial charge in [-0.25, -0.2) is 0 Å². The number of nitrogens with two attached hydrogens (primary N) is 1. The van der Waals surface area contributed by atoms with Crippen molar-refractivity contribution in [1.82, 2.24) is 0 Å². The minimum Gasteiger partial charge on any atom is -0.469 e. The van der Waals surface area contributed by atoms with Gasteiger partial charge in [0.05, 0.1) is 12.5 Å². The zero-order valence-corrected chi connectivity index (χ0v) is 12.0. The van der Waals surface area contributed by atoms with E-state index in [4.69, 9.17) is 10.5 Å². The number of carbonyl (C=O) groups is 1. The molecule has 0 saturated carbocycles. The monoisotopic (exact) mass is 261 g/mol. The van der Waals surface area contributed by atoms with Crippen molar-refractivity contribution in [3.8, 4) is 0 Å². The second kappa shape index (κ2) is 5.33. The van der Waals surface area contributed by atoms with E-state index in [1.807, 2.05) is 13.8 Å². The van der Waals surface area contributed by atoms with Crippen molar-refractivity contribution in [1.29, 1.82) is 0 Å². The molecule has 2 rings (SSSR count). The highest BCUT2D eigenvalue weighted by atomic mass is 16.5. The first kappa shape index (κ1) is 14.1. The highest BCUT2D eigenvalue weighted by molar-refractivity contribution is 5.77. The lowest BCUT2D eigenvalue weighted by Gasteiger charge is -2.30. The topological polar surface area (TPSA) is 52.3 Å². The molecular weight excluding hydrogens is 238 g/mol. The van der Waals surface area contributed by atoms with Crippen LogP contribution in [0.4, 0.5) is 0 Å². The minimum absolute atomic E-state index is 0.266. The van der Waals surface area contributed by atoms with Gasteiger partial charge in [-0.2, -0.15) is 0 Å². The van der Waals surface area contributed by atoms with Crippen LogP contribution in [0.5, 0.6) is 0 Å². The van der Waals surface area contributed by atoms with E-state index < -0.39 is 5.41 Å². The summed E-state index contributed by atoms with van der Waals surface area (Å²) in [6.45, 7) is 3.67. The molecule has 0 spiro atoms. The molecule has 0 saturated heterocycles. The van der Waals surface area contributed by atoms with Crippen molar-refractivity contribution in [2.24, 2.45) is 11.1 Å². The Balaban J connectivity index is 2.29. The third kappa shape index (κ3) is 2.66. The van der Waals surface area contributed by atoms with Crippen molar-refractivity contribution < 1.29 is 9.53 Å².